The summed E-state index contributed by atoms with van der Waals surface area (Å²) in [6, 6.07) is 10.6. The van der Waals surface area contributed by atoms with Crippen LogP contribution >= 0.6 is 0 Å². The molecule has 2 atom stereocenters. The molecule has 2 unspecified atom stereocenters. The Kier molecular flexibility index (Phi) is 2.83. The van der Waals surface area contributed by atoms with Crippen LogP contribution < -0.4 is 5.73 Å². The number of fused-ring (bicyclic) bond motifs is 1. The number of nitrogens with two attached hydrogens (primary N) is 1. The Morgan fingerprint density at radius 2 is 2.22 bits per heavy atom. The molecular weight excluding hydrogens is 220 g/mol. The highest BCUT2D eigenvalue weighted by Crippen LogP contribution is 2.38. The summed E-state index contributed by atoms with van der Waals surface area (Å²) in [7, 11) is 0. The lowest BCUT2D eigenvalue weighted by molar-refractivity contribution is 0.239. The minimum atomic E-state index is -0.149. The molecule has 3 rings (SSSR count). The maximum absolute atomic E-state index is 6.63. The zero-order chi connectivity index (χ0) is 12.6. The highest BCUT2D eigenvalue weighted by molar-refractivity contribution is 5.79. The highest BCUT2D eigenvalue weighted by atomic mass is 14.8. The molecule has 18 heavy (non-hydrogen) atoms. The number of hydrogen-bond acceptors (Lipinski definition) is 2. The normalized spacial score (nSPS) is 28.4. The summed E-state index contributed by atoms with van der Waals surface area (Å²) < 4.78 is 0. The molecule has 1 aliphatic rings. The predicted molar refractivity (Wildman–Crippen MR) is 75.2 cm³/mol. The zero-order valence-corrected chi connectivity index (χ0v) is 10.9. The number of nitrogens with zero attached hydrogens (tertiary/aromatic N) is 1. The summed E-state index contributed by atoms with van der Waals surface area (Å²) in [5.74, 6) is 0.725. The van der Waals surface area contributed by atoms with Gasteiger partial charge in [-0.15, -0.1) is 0 Å². The van der Waals surface area contributed by atoms with Gasteiger partial charge >= 0.3 is 0 Å². The van der Waals surface area contributed by atoms with Gasteiger partial charge in [-0.25, -0.2) is 0 Å². The highest BCUT2D eigenvalue weighted by Gasteiger charge is 2.32. The Morgan fingerprint density at radius 1 is 1.33 bits per heavy atom. The van der Waals surface area contributed by atoms with E-state index in [0.717, 1.165) is 24.3 Å². The molecule has 1 aromatic heterocycles. The first-order valence-corrected chi connectivity index (χ1v) is 6.81. The average Bonchev–Trinajstić information content (AvgIpc) is 2.38. The molecular formula is C16H20N2. The molecule has 0 saturated heterocycles. The minimum Gasteiger partial charge on any atom is -0.321 e. The van der Waals surface area contributed by atoms with E-state index in [1.807, 2.05) is 12.3 Å². The van der Waals surface area contributed by atoms with Crippen molar-refractivity contribution in [2.45, 2.75) is 38.1 Å². The molecule has 1 aliphatic carbocycles. The molecule has 2 N–H and O–H groups in total. The van der Waals surface area contributed by atoms with Crippen molar-refractivity contribution in [3.63, 3.8) is 0 Å². The third kappa shape index (κ3) is 2.01. The van der Waals surface area contributed by atoms with E-state index in [-0.39, 0.29) is 5.54 Å². The van der Waals surface area contributed by atoms with E-state index < -0.39 is 0 Å². The predicted octanol–water partition coefficient (Wildman–Crippen LogP) is 3.60. The Morgan fingerprint density at radius 3 is 3.06 bits per heavy atom. The maximum atomic E-state index is 6.63. The second kappa shape index (κ2) is 4.36. The molecule has 1 aromatic carbocycles. The number of rotatable bonds is 1. The van der Waals surface area contributed by atoms with Gasteiger partial charge in [0.2, 0.25) is 0 Å². The molecule has 1 fully saturated rings. The van der Waals surface area contributed by atoms with E-state index in [1.54, 1.807) is 0 Å². The third-order valence-electron chi connectivity index (χ3n) is 4.21. The van der Waals surface area contributed by atoms with Crippen LogP contribution in [0.25, 0.3) is 10.9 Å². The van der Waals surface area contributed by atoms with Crippen LogP contribution in [0.3, 0.4) is 0 Å². The smallest absolute Gasteiger partial charge is 0.0705 e. The van der Waals surface area contributed by atoms with E-state index in [9.17, 15) is 0 Å². The number of hydrogen-bond donors (Lipinski definition) is 1. The van der Waals surface area contributed by atoms with E-state index in [1.165, 1.54) is 23.8 Å². The van der Waals surface area contributed by atoms with E-state index >= 15 is 0 Å². The first-order valence-electron chi connectivity index (χ1n) is 6.81. The largest absolute Gasteiger partial charge is 0.321 e. The number of pyridine rings is 1. The molecule has 0 radical (unpaired) electrons. The van der Waals surface area contributed by atoms with Crippen molar-refractivity contribution in [1.29, 1.82) is 0 Å². The van der Waals surface area contributed by atoms with Crippen LogP contribution in [-0.4, -0.2) is 4.98 Å². The fraction of sp³-hybridized carbons (Fsp3) is 0.438. The first kappa shape index (κ1) is 11.7. The molecule has 0 aliphatic heterocycles. The van der Waals surface area contributed by atoms with E-state index in [4.69, 9.17) is 5.73 Å². The summed E-state index contributed by atoms with van der Waals surface area (Å²) in [5.41, 5.74) is 8.79. The summed E-state index contributed by atoms with van der Waals surface area (Å²) in [5, 5.41) is 1.19. The zero-order valence-electron chi connectivity index (χ0n) is 10.9. The molecule has 1 saturated carbocycles. The second-order valence-corrected chi connectivity index (χ2v) is 5.77. The lowest BCUT2D eigenvalue weighted by Gasteiger charge is -2.37. The standard InChI is InChI=1S/C16H20N2/c1-12-4-2-8-16(17,11-12)14-7-6-13-5-3-9-18-15(13)10-14/h3,5-7,9-10,12H,2,4,8,11,17H2,1H3. The summed E-state index contributed by atoms with van der Waals surface area (Å²) >= 11 is 0. The lowest BCUT2D eigenvalue weighted by atomic mass is 9.73. The Hall–Kier alpha value is -1.41. The van der Waals surface area contributed by atoms with Crippen molar-refractivity contribution in [2.24, 2.45) is 11.7 Å². The molecule has 1 heterocycles. The van der Waals surface area contributed by atoms with Gasteiger partial charge in [0.25, 0.3) is 0 Å². The van der Waals surface area contributed by atoms with Gasteiger partial charge in [0.05, 0.1) is 5.52 Å². The Bertz CT molecular complexity index is 564. The molecule has 2 heteroatoms. The van der Waals surface area contributed by atoms with Gasteiger partial charge in [-0.3, -0.25) is 4.98 Å². The van der Waals surface area contributed by atoms with Crippen LogP contribution in [0.1, 0.15) is 38.2 Å². The summed E-state index contributed by atoms with van der Waals surface area (Å²) in [6.45, 7) is 2.31. The van der Waals surface area contributed by atoms with Crippen molar-refractivity contribution < 1.29 is 0 Å². The van der Waals surface area contributed by atoms with Crippen LogP contribution in [0.4, 0.5) is 0 Å². The van der Waals surface area contributed by atoms with Gasteiger partial charge in [0.15, 0.2) is 0 Å². The first-order chi connectivity index (χ1) is 8.67. The fourth-order valence-corrected chi connectivity index (χ4v) is 3.23. The minimum absolute atomic E-state index is 0.149. The summed E-state index contributed by atoms with van der Waals surface area (Å²) in [6.07, 6.45) is 6.57. The molecule has 0 spiro atoms. The van der Waals surface area contributed by atoms with Crippen LogP contribution in [0.5, 0.6) is 0 Å². The second-order valence-electron chi connectivity index (χ2n) is 5.77. The van der Waals surface area contributed by atoms with Crippen molar-refractivity contribution in [3.05, 3.63) is 42.1 Å². The third-order valence-corrected chi connectivity index (χ3v) is 4.21. The van der Waals surface area contributed by atoms with Crippen molar-refractivity contribution >= 4 is 10.9 Å². The Labute approximate surface area is 108 Å². The fourth-order valence-electron chi connectivity index (χ4n) is 3.23. The Balaban J connectivity index is 2.02. The number of aromatic nitrogens is 1. The van der Waals surface area contributed by atoms with Gasteiger partial charge < -0.3 is 5.73 Å². The van der Waals surface area contributed by atoms with Crippen molar-refractivity contribution in [2.75, 3.05) is 0 Å². The molecule has 2 aromatic rings. The molecule has 94 valence electrons. The quantitative estimate of drug-likeness (QED) is 0.827. The van der Waals surface area contributed by atoms with Gasteiger partial charge in [0, 0.05) is 17.1 Å². The van der Waals surface area contributed by atoms with Gasteiger partial charge in [-0.05, 0) is 36.5 Å². The molecule has 0 amide bonds. The topological polar surface area (TPSA) is 38.9 Å². The van der Waals surface area contributed by atoms with Gasteiger partial charge in [-0.2, -0.15) is 0 Å². The van der Waals surface area contributed by atoms with Crippen molar-refractivity contribution in [3.8, 4) is 0 Å². The summed E-state index contributed by atoms with van der Waals surface area (Å²) in [4.78, 5) is 4.43. The molecule has 0 bridgehead atoms. The van der Waals surface area contributed by atoms with Crippen LogP contribution in [0.2, 0.25) is 0 Å². The monoisotopic (exact) mass is 240 g/mol. The van der Waals surface area contributed by atoms with Crippen molar-refractivity contribution in [1.82, 2.24) is 4.98 Å². The average molecular weight is 240 g/mol. The molecule has 2 nitrogen and oxygen atoms in total. The maximum Gasteiger partial charge on any atom is 0.0705 e. The SMILES string of the molecule is CC1CCCC(N)(c2ccc3cccnc3c2)C1. The van der Waals surface area contributed by atoms with Gasteiger partial charge in [-0.1, -0.05) is 38.0 Å². The van der Waals surface area contributed by atoms with Crippen LogP contribution in [-0.2, 0) is 5.54 Å². The number of benzene rings is 1. The lowest BCUT2D eigenvalue weighted by Crippen LogP contribution is -2.40. The van der Waals surface area contributed by atoms with Crippen LogP contribution in [0.15, 0.2) is 36.5 Å². The van der Waals surface area contributed by atoms with E-state index in [2.05, 4.69) is 36.2 Å². The van der Waals surface area contributed by atoms with E-state index in [0.29, 0.717) is 0 Å². The van der Waals surface area contributed by atoms with Crippen LogP contribution in [0, 0.1) is 5.92 Å². The van der Waals surface area contributed by atoms with Gasteiger partial charge in [0.1, 0.15) is 0 Å².